The normalized spacial score (nSPS) is 7.55. The third-order valence-corrected chi connectivity index (χ3v) is 0.412. The fourth-order valence-corrected chi connectivity index (χ4v) is 0.294. The molecule has 0 amide bonds. The van der Waals surface area contributed by atoms with E-state index in [2.05, 4.69) is 0 Å². The van der Waals surface area contributed by atoms with Crippen LogP contribution >= 0.6 is 24.8 Å². The monoisotopic (exact) mass is 239 g/mol. The van der Waals surface area contributed by atoms with Crippen LogP contribution in [-0.4, -0.2) is 10.9 Å². The van der Waals surface area contributed by atoms with Gasteiger partial charge < -0.3 is 5.11 Å². The molecule has 0 saturated heterocycles. The molecule has 0 rings (SSSR count). The predicted octanol–water partition coefficient (Wildman–Crippen LogP) is 1.76. The van der Waals surface area contributed by atoms with E-state index in [9.17, 15) is 4.79 Å². The van der Waals surface area contributed by atoms with Crippen molar-refractivity contribution in [2.24, 2.45) is 0 Å². The molecular weight excluding hydrogens is 230 g/mol. The molecule has 0 aromatic carbocycles. The van der Waals surface area contributed by atoms with Crippen LogP contribution < -0.4 is 0 Å². The Morgan fingerprint density at radius 1 is 1.27 bits per heavy atom. The zero-order valence-corrected chi connectivity index (χ0v) is 9.13. The molecule has 0 aromatic rings. The molecule has 0 radical (unpaired) electrons. The first-order valence-electron chi connectivity index (χ1n) is 2.19. The van der Waals surface area contributed by atoms with Gasteiger partial charge in [-0.2, -0.15) is 0 Å². The quantitative estimate of drug-likeness (QED) is 0.561. The van der Waals surface area contributed by atoms with E-state index >= 15 is 0 Å². The molecule has 0 bridgehead atoms. The molecule has 0 aliphatic rings. The average Bonchev–Trinajstić information content (AvgIpc) is 1.68. The summed E-state index contributed by atoms with van der Waals surface area (Å²) in [5.41, 5.74) is 0. The second-order valence-corrected chi connectivity index (χ2v) is 1.40. The van der Waals surface area contributed by atoms with Gasteiger partial charge in [0.1, 0.15) is 0 Å². The first-order chi connectivity index (χ1) is 4.13. The van der Waals surface area contributed by atoms with E-state index in [4.69, 9.17) is 8.78 Å². The van der Waals surface area contributed by atoms with Crippen molar-refractivity contribution in [2.75, 3.05) is 0 Å². The van der Waals surface area contributed by atoms with E-state index in [1.807, 2.05) is 0 Å². The van der Waals surface area contributed by atoms with Crippen molar-refractivity contribution in [1.82, 2.24) is 0 Å². The number of aliphatic hydroxyl groups excluding tert-OH is 1. The number of allylic oxidation sites excluding steroid dienone is 2. The molecule has 67 valence electrons. The molecular formula is C5H10Cl2O3V. The number of halogens is 2. The fourth-order valence-electron chi connectivity index (χ4n) is 0.294. The Morgan fingerprint density at radius 3 is 1.55 bits per heavy atom. The number of ketones is 1. The molecule has 0 unspecified atom stereocenters. The molecule has 1 N–H and O–H groups in total. The Morgan fingerprint density at radius 2 is 1.55 bits per heavy atom. The van der Waals surface area contributed by atoms with Gasteiger partial charge in [-0.15, -0.1) is 24.8 Å². The summed E-state index contributed by atoms with van der Waals surface area (Å²) in [6, 6.07) is 0. The summed E-state index contributed by atoms with van der Waals surface area (Å²) in [6.45, 7) is 2.85. The zero-order valence-electron chi connectivity index (χ0n) is 6.10. The Bertz CT molecular complexity index is 123. The molecule has 0 aliphatic heterocycles. The summed E-state index contributed by atoms with van der Waals surface area (Å²) in [7, 11) is 0. The van der Waals surface area contributed by atoms with E-state index in [1.54, 1.807) is 0 Å². The molecule has 0 fully saturated rings. The third-order valence-electron chi connectivity index (χ3n) is 0.412. The van der Waals surface area contributed by atoms with Gasteiger partial charge in [-0.1, -0.05) is 0 Å². The van der Waals surface area contributed by atoms with Crippen LogP contribution in [0.5, 0.6) is 0 Å². The number of carbonyl (C=O) groups is 1. The van der Waals surface area contributed by atoms with Gasteiger partial charge in [-0.05, 0) is 13.8 Å². The standard InChI is InChI=1S/C5H8O2.2ClH.O.V/c1-4(6)3-5(2)7;;;;/h3,6H,1-2H3;2*1H;;/b4-3+;;;;. The van der Waals surface area contributed by atoms with Gasteiger partial charge in [0.05, 0.1) is 5.76 Å². The summed E-state index contributed by atoms with van der Waals surface area (Å²) in [4.78, 5) is 10.0. The molecule has 0 aromatic heterocycles. The van der Waals surface area contributed by atoms with Crippen molar-refractivity contribution < 1.29 is 30.9 Å². The van der Waals surface area contributed by atoms with E-state index in [1.165, 1.54) is 19.9 Å². The van der Waals surface area contributed by atoms with Crippen LogP contribution in [0.3, 0.4) is 0 Å². The molecule has 0 atom stereocenters. The van der Waals surface area contributed by atoms with Gasteiger partial charge in [0.2, 0.25) is 0 Å². The third kappa shape index (κ3) is 39.0. The van der Waals surface area contributed by atoms with Gasteiger partial charge in [0, 0.05) is 6.08 Å². The molecule has 0 aliphatic carbocycles. The topological polar surface area (TPSA) is 54.4 Å². The van der Waals surface area contributed by atoms with E-state index in [0.29, 0.717) is 0 Å². The van der Waals surface area contributed by atoms with Crippen LogP contribution in [0.15, 0.2) is 11.8 Å². The van der Waals surface area contributed by atoms with Gasteiger partial charge in [-0.3, -0.25) is 4.79 Å². The maximum atomic E-state index is 10.0. The summed E-state index contributed by atoms with van der Waals surface area (Å²) < 4.78 is 8.19. The van der Waals surface area contributed by atoms with Crippen molar-refractivity contribution in [1.29, 1.82) is 0 Å². The van der Waals surface area contributed by atoms with Crippen LogP contribution in [0.4, 0.5) is 0 Å². The van der Waals surface area contributed by atoms with E-state index < -0.39 is 0 Å². The van der Waals surface area contributed by atoms with E-state index in [-0.39, 0.29) is 36.4 Å². The molecule has 11 heavy (non-hydrogen) atoms. The summed E-state index contributed by atoms with van der Waals surface area (Å²) in [6.07, 6.45) is 1.17. The molecule has 0 spiro atoms. The van der Waals surface area contributed by atoms with Crippen LogP contribution in [0.1, 0.15) is 13.8 Å². The number of hydrogen-bond acceptors (Lipinski definition) is 3. The summed E-state index contributed by atoms with van der Waals surface area (Å²) >= 11 is 1.06. The number of rotatable bonds is 1. The first kappa shape index (κ1) is 22.5. The van der Waals surface area contributed by atoms with Crippen LogP contribution in [-0.2, 0) is 25.8 Å². The van der Waals surface area contributed by atoms with Crippen molar-refractivity contribution in [3.05, 3.63) is 11.8 Å². The van der Waals surface area contributed by atoms with Gasteiger partial charge >= 0.3 is 21.0 Å². The first-order valence-corrected chi connectivity index (χ1v) is 2.76. The Labute approximate surface area is 87.3 Å². The Balaban J connectivity index is -0.0000000564. The number of aliphatic hydroxyl groups is 1. The minimum atomic E-state index is -0.125. The Kier molecular flexibility index (Phi) is 34.0. The molecule has 0 saturated carbocycles. The molecule has 3 nitrogen and oxygen atoms in total. The molecule has 0 heterocycles. The summed E-state index contributed by atoms with van der Waals surface area (Å²) in [5, 5.41) is 8.36. The minimum absolute atomic E-state index is 0. The van der Waals surface area contributed by atoms with Crippen molar-refractivity contribution in [3.8, 4) is 0 Å². The van der Waals surface area contributed by atoms with Crippen LogP contribution in [0.2, 0.25) is 0 Å². The number of hydrogen-bond donors (Lipinski definition) is 1. The predicted molar refractivity (Wildman–Crippen MR) is 42.2 cm³/mol. The second kappa shape index (κ2) is 16.6. The van der Waals surface area contributed by atoms with Gasteiger partial charge in [0.15, 0.2) is 5.78 Å². The molecule has 6 heteroatoms. The van der Waals surface area contributed by atoms with Crippen LogP contribution in [0.25, 0.3) is 0 Å². The summed E-state index contributed by atoms with van der Waals surface area (Å²) in [5.74, 6) is -0.0625. The van der Waals surface area contributed by atoms with Crippen molar-refractivity contribution in [3.63, 3.8) is 0 Å². The number of carbonyl (C=O) groups excluding carboxylic acids is 1. The van der Waals surface area contributed by atoms with Crippen molar-refractivity contribution >= 4 is 30.6 Å². The SMILES string of the molecule is CC(=O)/C=C(\C)O.Cl.Cl.[O]=[V]. The second-order valence-electron chi connectivity index (χ2n) is 1.40. The maximum absolute atomic E-state index is 10.0. The van der Waals surface area contributed by atoms with Gasteiger partial charge in [-0.25, -0.2) is 0 Å². The fraction of sp³-hybridized carbons (Fsp3) is 0.400. The van der Waals surface area contributed by atoms with Crippen molar-refractivity contribution in [2.45, 2.75) is 13.8 Å². The van der Waals surface area contributed by atoms with Crippen LogP contribution in [0, 0.1) is 0 Å². The van der Waals surface area contributed by atoms with E-state index in [0.717, 1.165) is 17.4 Å². The average molecular weight is 240 g/mol. The zero-order chi connectivity index (χ0) is 7.86. The Hall–Kier alpha value is 0.174. The van der Waals surface area contributed by atoms with Gasteiger partial charge in [0.25, 0.3) is 0 Å².